The lowest BCUT2D eigenvalue weighted by molar-refractivity contribution is -0.137. The number of benzene rings is 3. The summed E-state index contributed by atoms with van der Waals surface area (Å²) in [5.74, 6) is -0.0951. The Morgan fingerprint density at radius 2 is 1.67 bits per heavy atom. The Bertz CT molecular complexity index is 1830. The molecule has 6 rings (SSSR count). The summed E-state index contributed by atoms with van der Waals surface area (Å²) in [6, 6.07) is 6.00. The van der Waals surface area contributed by atoms with Gasteiger partial charge in [-0.25, -0.2) is 4.79 Å². The third kappa shape index (κ3) is 7.10. The molecule has 14 heteroatoms. The van der Waals surface area contributed by atoms with Crippen molar-refractivity contribution in [1.82, 2.24) is 10.2 Å². The molecule has 7 N–H and O–H groups in total. The van der Waals surface area contributed by atoms with E-state index in [2.05, 4.69) is 20.9 Å². The zero-order valence-corrected chi connectivity index (χ0v) is 28.7. The molecule has 0 spiro atoms. The van der Waals surface area contributed by atoms with E-state index >= 15 is 0 Å². The van der Waals surface area contributed by atoms with Gasteiger partial charge in [-0.05, 0) is 96.3 Å². The Morgan fingerprint density at radius 3 is 2.31 bits per heavy atom. The second-order valence-electron chi connectivity index (χ2n) is 13.6. The quantitative estimate of drug-likeness (QED) is 0.153. The number of hydrogen-bond acceptors (Lipinski definition) is 8. The molecule has 0 saturated carbocycles. The van der Waals surface area contributed by atoms with Crippen LogP contribution < -0.4 is 20.9 Å². The van der Waals surface area contributed by atoms with Crippen LogP contribution in [0.4, 0.5) is 35.0 Å². The Hall–Kier alpha value is -4.37. The highest BCUT2D eigenvalue weighted by Gasteiger charge is 2.39. The van der Waals surface area contributed by atoms with Gasteiger partial charge in [-0.2, -0.15) is 13.2 Å². The van der Waals surface area contributed by atoms with Crippen molar-refractivity contribution in [2.45, 2.75) is 71.1 Å². The van der Waals surface area contributed by atoms with E-state index in [0.29, 0.717) is 86.1 Å². The van der Waals surface area contributed by atoms with E-state index in [4.69, 9.17) is 0 Å². The van der Waals surface area contributed by atoms with Crippen LogP contribution in [0, 0.1) is 5.92 Å². The van der Waals surface area contributed by atoms with Crippen LogP contribution in [-0.2, 0) is 43.6 Å². The number of alkyl halides is 3. The number of likely N-dealkylation sites (N-methyl/N-ethyl adjacent to an activating group) is 1. The van der Waals surface area contributed by atoms with Crippen LogP contribution in [0.2, 0.25) is 0 Å². The molecule has 3 aliphatic rings. The summed E-state index contributed by atoms with van der Waals surface area (Å²) in [5.41, 5.74) is 3.67. The van der Waals surface area contributed by atoms with Crippen molar-refractivity contribution in [2.75, 3.05) is 48.8 Å². The van der Waals surface area contributed by atoms with Crippen LogP contribution in [0.25, 0.3) is 11.1 Å². The summed E-state index contributed by atoms with van der Waals surface area (Å²) in [6.07, 6.45) is -2.03. The first kappa shape index (κ1) is 36.4. The highest BCUT2D eigenvalue weighted by atomic mass is 19.4. The second-order valence-corrected chi connectivity index (χ2v) is 13.6. The van der Waals surface area contributed by atoms with Crippen LogP contribution in [-0.4, -0.2) is 70.5 Å². The number of rotatable bonds is 9. The molecule has 1 saturated heterocycles. The second kappa shape index (κ2) is 14.7. The van der Waals surface area contributed by atoms with Gasteiger partial charge < -0.3 is 41.3 Å². The Balaban J connectivity index is 1.29. The van der Waals surface area contributed by atoms with E-state index in [0.717, 1.165) is 17.2 Å². The number of amides is 3. The maximum atomic E-state index is 14.4. The molecule has 1 fully saturated rings. The number of nitrogens with zero attached hydrogens (tertiary/aromatic N) is 2. The number of carbonyl (C=O) groups is 2. The standard InChI is InChI=1S/C37H44F3N5O6/c1-3-31(49)41-16-20-6-10-45(11-7-20)29-5-4-24(14-27(29)37(38,39)40)42-36(51)43-28-13-23(18-47)35(50)34-25(28)15-30-32-21(8-9-44(30)2)12-22(17-46)26(19-48)33(32)34/h4-5,12-14,20,30,46-48,50H,3,6-11,15-19H2,1-2H3,(H,41,49)(H2,42,43,51). The SMILES string of the molecule is CCC(=O)NCC1CCN(c2ccc(NC(=O)Nc3cc(CO)c(O)c4c3CC3c5c(cc(CO)c(CO)c5-4)CCN3C)cc2C(F)(F)F)CC1. The topological polar surface area (TPSA) is 158 Å². The zero-order valence-electron chi connectivity index (χ0n) is 28.7. The van der Waals surface area contributed by atoms with Gasteiger partial charge in [-0.15, -0.1) is 0 Å². The van der Waals surface area contributed by atoms with Crippen LogP contribution >= 0.6 is 0 Å². The first-order valence-electron chi connectivity index (χ1n) is 17.3. The van der Waals surface area contributed by atoms with Crippen molar-refractivity contribution in [2.24, 2.45) is 5.92 Å². The molecule has 3 aromatic rings. The molecule has 1 atom stereocenters. The zero-order chi connectivity index (χ0) is 36.6. The van der Waals surface area contributed by atoms with Crippen molar-refractivity contribution in [3.63, 3.8) is 0 Å². The summed E-state index contributed by atoms with van der Waals surface area (Å²) in [5, 5.41) is 50.4. The number of fused-ring (bicyclic) bond motifs is 2. The molecular weight excluding hydrogens is 667 g/mol. The summed E-state index contributed by atoms with van der Waals surface area (Å²) < 4.78 is 43.2. The fourth-order valence-electron chi connectivity index (χ4n) is 7.82. The molecule has 0 aromatic heterocycles. The monoisotopic (exact) mass is 711 g/mol. The molecule has 0 bridgehead atoms. The van der Waals surface area contributed by atoms with Crippen molar-refractivity contribution < 1.29 is 43.2 Å². The van der Waals surface area contributed by atoms with Gasteiger partial charge in [0.2, 0.25) is 5.91 Å². The summed E-state index contributed by atoms with van der Waals surface area (Å²) in [7, 11) is 1.96. The largest absolute Gasteiger partial charge is 0.507 e. The lowest BCUT2D eigenvalue weighted by Crippen LogP contribution is -2.39. The number of hydrogen-bond donors (Lipinski definition) is 7. The summed E-state index contributed by atoms with van der Waals surface area (Å²) in [4.78, 5) is 28.9. The fraction of sp³-hybridized carbons (Fsp3) is 0.459. The van der Waals surface area contributed by atoms with Crippen LogP contribution in [0.3, 0.4) is 0 Å². The number of aliphatic hydroxyl groups is 3. The van der Waals surface area contributed by atoms with E-state index in [1.54, 1.807) is 11.8 Å². The first-order chi connectivity index (χ1) is 24.4. The number of aromatic hydroxyl groups is 1. The van der Waals surface area contributed by atoms with Gasteiger partial charge >= 0.3 is 12.2 Å². The Morgan fingerprint density at radius 1 is 0.941 bits per heavy atom. The number of aliphatic hydroxyl groups excluding tert-OH is 3. The highest BCUT2D eigenvalue weighted by molar-refractivity contribution is 6.02. The van der Waals surface area contributed by atoms with E-state index in [1.165, 1.54) is 18.2 Å². The average molecular weight is 712 g/mol. The molecule has 0 radical (unpaired) electrons. The van der Waals surface area contributed by atoms with Crippen molar-refractivity contribution >= 4 is 29.0 Å². The number of urea groups is 1. The molecule has 1 aliphatic carbocycles. The lowest BCUT2D eigenvalue weighted by atomic mass is 9.73. The third-order valence-corrected chi connectivity index (χ3v) is 10.6. The van der Waals surface area contributed by atoms with Crippen molar-refractivity contribution in [3.05, 3.63) is 69.3 Å². The Labute approximate surface area is 294 Å². The number of anilines is 3. The molecule has 3 aromatic carbocycles. The number of halogens is 3. The highest BCUT2D eigenvalue weighted by Crippen LogP contribution is 2.53. The van der Waals surface area contributed by atoms with Crippen molar-refractivity contribution in [3.8, 4) is 16.9 Å². The smallest absolute Gasteiger partial charge is 0.418 e. The van der Waals surface area contributed by atoms with Crippen molar-refractivity contribution in [1.29, 1.82) is 0 Å². The van der Waals surface area contributed by atoms with Crippen LogP contribution in [0.5, 0.6) is 5.75 Å². The minimum absolute atomic E-state index is 0.0151. The van der Waals surface area contributed by atoms with Gasteiger partial charge in [0.25, 0.3) is 0 Å². The molecule has 11 nitrogen and oxygen atoms in total. The minimum Gasteiger partial charge on any atom is -0.507 e. The maximum absolute atomic E-state index is 14.4. The van der Waals surface area contributed by atoms with E-state index in [-0.39, 0.29) is 52.8 Å². The van der Waals surface area contributed by atoms with Gasteiger partial charge in [0, 0.05) is 66.8 Å². The van der Waals surface area contributed by atoms with E-state index in [9.17, 15) is 43.2 Å². The predicted molar refractivity (Wildman–Crippen MR) is 186 cm³/mol. The third-order valence-electron chi connectivity index (χ3n) is 10.6. The molecule has 2 heterocycles. The number of piperidine rings is 1. The van der Waals surface area contributed by atoms with Crippen LogP contribution in [0.1, 0.15) is 71.2 Å². The molecule has 1 unspecified atom stereocenters. The normalized spacial score (nSPS) is 17.5. The fourth-order valence-corrected chi connectivity index (χ4v) is 7.82. The average Bonchev–Trinajstić information content (AvgIpc) is 3.12. The van der Waals surface area contributed by atoms with Gasteiger partial charge in [-0.3, -0.25) is 9.69 Å². The van der Waals surface area contributed by atoms with Crippen LogP contribution in [0.15, 0.2) is 30.3 Å². The van der Waals surface area contributed by atoms with Gasteiger partial charge in [0.1, 0.15) is 5.75 Å². The molecule has 3 amide bonds. The van der Waals surface area contributed by atoms with E-state index in [1.807, 2.05) is 13.1 Å². The summed E-state index contributed by atoms with van der Waals surface area (Å²) >= 11 is 0. The molecule has 51 heavy (non-hydrogen) atoms. The number of carbonyl (C=O) groups excluding carboxylic acids is 2. The molecule has 274 valence electrons. The Kier molecular flexibility index (Phi) is 10.5. The lowest BCUT2D eigenvalue weighted by Gasteiger charge is -2.42. The molecule has 2 aliphatic heterocycles. The molecular formula is C37H44F3N5O6. The minimum atomic E-state index is -4.70. The van der Waals surface area contributed by atoms with E-state index < -0.39 is 31.0 Å². The first-order valence-corrected chi connectivity index (χ1v) is 17.3. The number of phenols is 1. The van der Waals surface area contributed by atoms with Gasteiger partial charge in [0.15, 0.2) is 0 Å². The predicted octanol–water partition coefficient (Wildman–Crippen LogP) is 5.03. The van der Waals surface area contributed by atoms with Gasteiger partial charge in [0.05, 0.1) is 25.4 Å². The summed E-state index contributed by atoms with van der Waals surface area (Å²) in [6.45, 7) is 2.41. The maximum Gasteiger partial charge on any atom is 0.418 e. The van der Waals surface area contributed by atoms with Gasteiger partial charge in [-0.1, -0.05) is 13.0 Å². The number of nitrogens with one attached hydrogen (secondary N) is 3.